The first-order chi connectivity index (χ1) is 51.0. The van der Waals surface area contributed by atoms with Gasteiger partial charge in [-0.25, -0.2) is 0 Å². The number of carbonyl (C=O) groups excluding carboxylic acids is 2. The minimum atomic E-state index is -4.65. The van der Waals surface area contributed by atoms with Crippen molar-refractivity contribution in [3.63, 3.8) is 0 Å². The number of likely N-dealkylation sites (N-methyl/N-ethyl adjacent to an activating group) is 1. The van der Waals surface area contributed by atoms with Gasteiger partial charge in [0.2, 0.25) is 0 Å². The Morgan fingerprint density at radius 3 is 0.817 bits per heavy atom. The van der Waals surface area contributed by atoms with Gasteiger partial charge in [0.05, 0.1) is 27.7 Å². The highest BCUT2D eigenvalue weighted by molar-refractivity contribution is 7.45. The van der Waals surface area contributed by atoms with Crippen LogP contribution in [0.25, 0.3) is 0 Å². The average Bonchev–Trinajstić information content (AvgIpc) is 0.915. The number of unbranched alkanes of at least 4 members (excludes halogenated alkanes) is 48. The minimum Gasteiger partial charge on any atom is -0.756 e. The normalized spacial score (nSPS) is 13.6. The molecule has 104 heavy (non-hydrogen) atoms. The molecule has 0 aromatic rings. The minimum absolute atomic E-state index is 0.0325. The molecule has 0 amide bonds. The third kappa shape index (κ3) is 87.3. The highest BCUT2D eigenvalue weighted by Gasteiger charge is 2.22. The van der Waals surface area contributed by atoms with Crippen molar-refractivity contribution in [2.45, 2.75) is 418 Å². The van der Waals surface area contributed by atoms with E-state index in [0.717, 1.165) is 96.3 Å². The van der Waals surface area contributed by atoms with Crippen LogP contribution in [0.15, 0.2) is 122 Å². The summed E-state index contributed by atoms with van der Waals surface area (Å²) in [4.78, 5) is 38.3. The molecule has 0 aromatic heterocycles. The summed E-state index contributed by atoms with van der Waals surface area (Å²) >= 11 is 0. The number of esters is 2. The van der Waals surface area contributed by atoms with E-state index in [1.54, 1.807) is 0 Å². The molecule has 2 unspecified atom stereocenters. The number of nitrogens with zero attached hydrogens (tertiary/aromatic N) is 1. The molecule has 0 N–H and O–H groups in total. The maximum absolute atomic E-state index is 12.9. The van der Waals surface area contributed by atoms with E-state index in [1.165, 1.54) is 283 Å². The van der Waals surface area contributed by atoms with Crippen LogP contribution in [0.2, 0.25) is 0 Å². The Hall–Kier alpha value is -3.59. The lowest BCUT2D eigenvalue weighted by Crippen LogP contribution is -2.37. The average molecular weight is 1470 g/mol. The molecule has 0 bridgehead atoms. The number of hydrogen-bond acceptors (Lipinski definition) is 8. The molecule has 0 spiro atoms. The van der Waals surface area contributed by atoms with Crippen LogP contribution in [0.1, 0.15) is 412 Å². The Balaban J connectivity index is 3.90. The highest BCUT2D eigenvalue weighted by Crippen LogP contribution is 2.38. The molecule has 0 saturated carbocycles. The molecule has 0 radical (unpaired) electrons. The number of quaternary nitrogens is 1. The van der Waals surface area contributed by atoms with Crippen molar-refractivity contribution in [1.29, 1.82) is 0 Å². The predicted molar refractivity (Wildman–Crippen MR) is 452 cm³/mol. The summed E-state index contributed by atoms with van der Waals surface area (Å²) in [6, 6.07) is 0. The van der Waals surface area contributed by atoms with Gasteiger partial charge in [0.15, 0.2) is 6.10 Å². The second-order valence-electron chi connectivity index (χ2n) is 30.9. The van der Waals surface area contributed by atoms with E-state index >= 15 is 0 Å². The zero-order chi connectivity index (χ0) is 75.4. The molecule has 0 fully saturated rings. The number of phosphoric acid groups is 1. The second-order valence-corrected chi connectivity index (χ2v) is 32.3. The molecule has 602 valence electrons. The third-order valence-corrected chi connectivity index (χ3v) is 20.4. The molecular weight excluding hydrogens is 1300 g/mol. The molecule has 0 saturated heterocycles. The zero-order valence-electron chi connectivity index (χ0n) is 69.0. The topological polar surface area (TPSA) is 111 Å². The lowest BCUT2D eigenvalue weighted by Gasteiger charge is -2.28. The highest BCUT2D eigenvalue weighted by atomic mass is 31.2. The smallest absolute Gasteiger partial charge is 0.306 e. The SMILES string of the molecule is CC/C=C\C/C=C\C/C=C\C/C=C\C/C=C\C/C=C\C/C=C\C/C=C\CCCCCCCCCCCCCCCCC(=O)OC(COC(=O)CCCCCCCCCCCCCCCCCCCCCCCCCCCCCCC/C=C\C/C=C\CCCCCCC)COP(=O)([O-])OCC[N+](C)(C)C. The van der Waals surface area contributed by atoms with Gasteiger partial charge in [-0.15, -0.1) is 0 Å². The summed E-state index contributed by atoms with van der Waals surface area (Å²) in [5.74, 6) is -0.819. The van der Waals surface area contributed by atoms with Crippen molar-refractivity contribution in [1.82, 2.24) is 0 Å². The first-order valence-corrected chi connectivity index (χ1v) is 45.7. The van der Waals surface area contributed by atoms with Gasteiger partial charge in [0, 0.05) is 12.8 Å². The fourth-order valence-electron chi connectivity index (χ4n) is 12.8. The van der Waals surface area contributed by atoms with Gasteiger partial charge in [0.25, 0.3) is 7.82 Å². The molecule has 9 nitrogen and oxygen atoms in total. The van der Waals surface area contributed by atoms with Crippen LogP contribution in [0.3, 0.4) is 0 Å². The number of hydrogen-bond donors (Lipinski definition) is 0. The predicted octanol–water partition coefficient (Wildman–Crippen LogP) is 29.4. The van der Waals surface area contributed by atoms with E-state index in [1.807, 2.05) is 21.1 Å². The largest absolute Gasteiger partial charge is 0.756 e. The molecule has 0 aromatic carbocycles. The van der Waals surface area contributed by atoms with Crippen molar-refractivity contribution in [3.05, 3.63) is 122 Å². The van der Waals surface area contributed by atoms with E-state index < -0.39 is 26.5 Å². The van der Waals surface area contributed by atoms with Crippen LogP contribution in [0, 0.1) is 0 Å². The fraction of sp³-hybridized carbons (Fsp3) is 0.766. The molecular formula is C94H168NO8P. The first kappa shape index (κ1) is 100. The quantitative estimate of drug-likeness (QED) is 0.0195. The molecule has 0 aliphatic carbocycles. The molecule has 2 atom stereocenters. The van der Waals surface area contributed by atoms with Crippen LogP contribution in [-0.4, -0.2) is 70.0 Å². The van der Waals surface area contributed by atoms with Crippen molar-refractivity contribution < 1.29 is 42.1 Å². The Labute approximate surface area is 645 Å². The summed E-state index contributed by atoms with van der Waals surface area (Å²) < 4.78 is 34.5. The summed E-state index contributed by atoms with van der Waals surface area (Å²) in [7, 11) is 1.18. The van der Waals surface area contributed by atoms with Crippen LogP contribution < -0.4 is 4.89 Å². The molecule has 10 heteroatoms. The van der Waals surface area contributed by atoms with E-state index in [9.17, 15) is 19.0 Å². The zero-order valence-corrected chi connectivity index (χ0v) is 69.8. The fourth-order valence-corrected chi connectivity index (χ4v) is 13.5. The Morgan fingerprint density at radius 1 is 0.308 bits per heavy atom. The standard InChI is InChI=1S/C94H168NO8P/c1-6-8-10-12-14-16-18-20-22-24-26-28-30-32-34-36-38-40-42-44-46-47-49-50-52-54-56-58-60-62-64-66-68-70-72-74-76-78-80-82-84-86-93(96)100-90-92(91-102-104(98,99)101-89-88-95(3,4)5)103-94(97)87-85-83-81-79-77-75-73-71-69-67-65-63-61-59-57-55-53-51-48-45-43-41-39-37-35-33-31-29-27-25-23-21-19-17-15-13-11-9-7-2/h9,11,15,17-18,20-21,23-24,26-27,29,33,35,39,41,45,48,53,55,92H,6-8,10,12-14,16,19,22,25,28,30-32,34,36-38,40,42-44,46-47,49-52,54,56-91H2,1-5H3/b11-9-,17-15-,20-18-,23-21-,26-24-,29-27-,35-33-,41-39-,48-45-,55-53-. The van der Waals surface area contributed by atoms with Crippen LogP contribution in [0.4, 0.5) is 0 Å². The first-order valence-electron chi connectivity index (χ1n) is 44.2. The molecule has 0 rings (SSSR count). The Bertz CT molecular complexity index is 2180. The van der Waals surface area contributed by atoms with Gasteiger partial charge >= 0.3 is 11.9 Å². The van der Waals surface area contributed by atoms with Crippen LogP contribution in [0.5, 0.6) is 0 Å². The van der Waals surface area contributed by atoms with Crippen molar-refractivity contribution in [3.8, 4) is 0 Å². The lowest BCUT2D eigenvalue weighted by molar-refractivity contribution is -0.870. The number of phosphoric ester groups is 1. The number of ether oxygens (including phenoxy) is 2. The summed E-state index contributed by atoms with van der Waals surface area (Å²) in [5, 5.41) is 0. The third-order valence-electron chi connectivity index (χ3n) is 19.5. The van der Waals surface area contributed by atoms with Crippen LogP contribution >= 0.6 is 7.82 Å². The van der Waals surface area contributed by atoms with Gasteiger partial charge in [-0.3, -0.25) is 14.2 Å². The van der Waals surface area contributed by atoms with Crippen molar-refractivity contribution >= 4 is 19.8 Å². The van der Waals surface area contributed by atoms with E-state index in [-0.39, 0.29) is 32.0 Å². The van der Waals surface area contributed by atoms with Crippen molar-refractivity contribution in [2.75, 3.05) is 47.5 Å². The summed E-state index contributed by atoms with van der Waals surface area (Å²) in [5.41, 5.74) is 0. The van der Waals surface area contributed by atoms with E-state index in [4.69, 9.17) is 18.5 Å². The maximum Gasteiger partial charge on any atom is 0.306 e. The summed E-state index contributed by atoms with van der Waals surface area (Å²) in [6.07, 6.45) is 121. The van der Waals surface area contributed by atoms with Gasteiger partial charge in [-0.05, 0) is 109 Å². The van der Waals surface area contributed by atoms with Gasteiger partial charge in [0.1, 0.15) is 19.8 Å². The van der Waals surface area contributed by atoms with Crippen molar-refractivity contribution in [2.24, 2.45) is 0 Å². The Morgan fingerprint density at radius 2 is 0.548 bits per heavy atom. The molecule has 0 aliphatic heterocycles. The number of allylic oxidation sites excluding steroid dienone is 20. The second kappa shape index (κ2) is 83.4. The van der Waals surface area contributed by atoms with E-state index in [0.29, 0.717) is 17.4 Å². The van der Waals surface area contributed by atoms with Gasteiger partial charge in [-0.1, -0.05) is 411 Å². The summed E-state index contributed by atoms with van der Waals surface area (Å²) in [6.45, 7) is 4.16. The Kier molecular flexibility index (Phi) is 80.6. The van der Waals surface area contributed by atoms with Gasteiger partial charge in [-0.2, -0.15) is 0 Å². The number of rotatable bonds is 82. The number of carbonyl (C=O) groups is 2. The van der Waals surface area contributed by atoms with E-state index in [2.05, 4.69) is 135 Å². The monoisotopic (exact) mass is 1470 g/mol. The lowest BCUT2D eigenvalue weighted by atomic mass is 10.0. The van der Waals surface area contributed by atoms with Crippen LogP contribution in [-0.2, 0) is 32.7 Å². The maximum atomic E-state index is 12.9. The molecule has 0 heterocycles. The molecule has 0 aliphatic rings. The van der Waals surface area contributed by atoms with Gasteiger partial charge < -0.3 is 27.9 Å².